The number of carbonyl (C=O) groups excluding carboxylic acids is 1. The van der Waals surface area contributed by atoms with Crippen molar-refractivity contribution in [2.24, 2.45) is 0 Å². The van der Waals surface area contributed by atoms with Crippen LogP contribution in [0.2, 0.25) is 0 Å². The second kappa shape index (κ2) is 8.08. The Bertz CT molecular complexity index is 1270. The minimum absolute atomic E-state index is 0.0889. The lowest BCUT2D eigenvalue weighted by Crippen LogP contribution is -2.29. The van der Waals surface area contributed by atoms with Crippen LogP contribution >= 0.6 is 23.6 Å². The van der Waals surface area contributed by atoms with Crippen molar-refractivity contribution in [1.82, 2.24) is 14.9 Å². The molecule has 0 unspecified atom stereocenters. The standard InChI is InChI=1S/C21H19N3O2S2/c25-19(22-11-9-14-13-28-18-8-4-2-5-15(14)18)10-12-24-20(26)16-6-1-3-7-17(16)23-21(24)27/h1-8,13H,9-12H2,(H,22,25)(H,23,27). The molecule has 4 aromatic rings. The van der Waals surface area contributed by atoms with Gasteiger partial charge in [-0.1, -0.05) is 30.3 Å². The summed E-state index contributed by atoms with van der Waals surface area (Å²) in [5.74, 6) is -0.0889. The fourth-order valence-corrected chi connectivity index (χ4v) is 4.55. The number of aromatic amines is 1. The summed E-state index contributed by atoms with van der Waals surface area (Å²) in [6.45, 7) is 0.825. The normalized spacial score (nSPS) is 11.1. The van der Waals surface area contributed by atoms with Gasteiger partial charge in [0, 0.05) is 24.2 Å². The Morgan fingerprint density at radius 1 is 1.11 bits per heavy atom. The molecule has 0 radical (unpaired) electrons. The monoisotopic (exact) mass is 409 g/mol. The lowest BCUT2D eigenvalue weighted by Gasteiger charge is -2.09. The molecule has 4 rings (SSSR count). The van der Waals surface area contributed by atoms with E-state index in [-0.39, 0.29) is 24.4 Å². The number of nitrogens with zero attached hydrogens (tertiary/aromatic N) is 1. The Hall–Kier alpha value is -2.77. The van der Waals surface area contributed by atoms with Crippen LogP contribution in [0, 0.1) is 4.77 Å². The fourth-order valence-electron chi connectivity index (χ4n) is 3.27. The molecule has 0 spiro atoms. The summed E-state index contributed by atoms with van der Waals surface area (Å²) < 4.78 is 3.04. The molecule has 0 aliphatic rings. The minimum Gasteiger partial charge on any atom is -0.356 e. The van der Waals surface area contributed by atoms with Crippen molar-refractivity contribution in [3.8, 4) is 0 Å². The highest BCUT2D eigenvalue weighted by Gasteiger charge is 2.08. The number of rotatable bonds is 6. The maximum atomic E-state index is 12.6. The van der Waals surface area contributed by atoms with Crippen molar-refractivity contribution in [1.29, 1.82) is 0 Å². The van der Waals surface area contributed by atoms with Crippen molar-refractivity contribution in [3.63, 3.8) is 0 Å². The Morgan fingerprint density at radius 3 is 2.71 bits per heavy atom. The van der Waals surface area contributed by atoms with E-state index < -0.39 is 0 Å². The number of nitrogens with one attached hydrogen (secondary N) is 2. The van der Waals surface area contributed by atoms with E-state index >= 15 is 0 Å². The molecule has 0 aliphatic carbocycles. The maximum absolute atomic E-state index is 12.6. The lowest BCUT2D eigenvalue weighted by molar-refractivity contribution is -0.121. The number of benzene rings is 2. The maximum Gasteiger partial charge on any atom is 0.262 e. The predicted octanol–water partition coefficient (Wildman–Crippen LogP) is 4.02. The molecule has 28 heavy (non-hydrogen) atoms. The van der Waals surface area contributed by atoms with Gasteiger partial charge in [0.2, 0.25) is 5.91 Å². The first-order chi connectivity index (χ1) is 13.6. The molecule has 0 saturated heterocycles. The summed E-state index contributed by atoms with van der Waals surface area (Å²) >= 11 is 7.00. The largest absolute Gasteiger partial charge is 0.356 e. The molecule has 142 valence electrons. The molecular formula is C21H19N3O2S2. The number of thiophene rings is 1. The SMILES string of the molecule is O=C(CCn1c(=S)[nH]c2ccccc2c1=O)NCCc1csc2ccccc12. The Morgan fingerprint density at radius 2 is 1.86 bits per heavy atom. The summed E-state index contributed by atoms with van der Waals surface area (Å²) in [4.78, 5) is 27.9. The van der Waals surface area contributed by atoms with Gasteiger partial charge in [-0.05, 0) is 53.2 Å². The molecule has 2 aromatic heterocycles. The molecule has 2 heterocycles. The van der Waals surface area contributed by atoms with E-state index in [1.54, 1.807) is 17.4 Å². The molecule has 2 N–H and O–H groups in total. The van der Waals surface area contributed by atoms with E-state index in [1.165, 1.54) is 20.2 Å². The number of hydrogen-bond acceptors (Lipinski definition) is 4. The van der Waals surface area contributed by atoms with Crippen molar-refractivity contribution < 1.29 is 4.79 Å². The molecular weight excluding hydrogens is 390 g/mol. The second-order valence-corrected chi connectivity index (χ2v) is 7.84. The minimum atomic E-state index is -0.170. The van der Waals surface area contributed by atoms with Gasteiger partial charge in [-0.2, -0.15) is 0 Å². The van der Waals surface area contributed by atoms with Gasteiger partial charge in [0.25, 0.3) is 5.56 Å². The molecule has 7 heteroatoms. The third-order valence-electron chi connectivity index (χ3n) is 4.73. The molecule has 0 saturated carbocycles. The molecule has 1 amide bonds. The molecule has 0 bridgehead atoms. The summed E-state index contributed by atoms with van der Waals surface area (Å²) in [7, 11) is 0. The highest BCUT2D eigenvalue weighted by molar-refractivity contribution is 7.71. The number of carbonyl (C=O) groups is 1. The van der Waals surface area contributed by atoms with E-state index in [2.05, 4.69) is 27.8 Å². The fraction of sp³-hybridized carbons (Fsp3) is 0.190. The lowest BCUT2D eigenvalue weighted by atomic mass is 10.1. The quantitative estimate of drug-likeness (QED) is 0.473. The van der Waals surface area contributed by atoms with E-state index in [0.29, 0.717) is 22.2 Å². The van der Waals surface area contributed by atoms with E-state index in [0.717, 1.165) is 6.42 Å². The van der Waals surface area contributed by atoms with Crippen LogP contribution in [0.15, 0.2) is 58.7 Å². The number of aromatic nitrogens is 2. The Balaban J connectivity index is 1.37. The van der Waals surface area contributed by atoms with E-state index in [4.69, 9.17) is 12.2 Å². The first-order valence-electron chi connectivity index (χ1n) is 9.07. The summed E-state index contributed by atoms with van der Waals surface area (Å²) in [6, 6.07) is 15.5. The number of H-pyrrole nitrogens is 1. The van der Waals surface area contributed by atoms with Gasteiger partial charge in [-0.3, -0.25) is 14.2 Å². The van der Waals surface area contributed by atoms with Gasteiger partial charge in [-0.15, -0.1) is 11.3 Å². The van der Waals surface area contributed by atoms with Crippen molar-refractivity contribution in [2.75, 3.05) is 6.54 Å². The van der Waals surface area contributed by atoms with Gasteiger partial charge < -0.3 is 10.3 Å². The van der Waals surface area contributed by atoms with E-state index in [9.17, 15) is 9.59 Å². The summed E-state index contributed by atoms with van der Waals surface area (Å²) in [5.41, 5.74) is 1.78. The number of hydrogen-bond donors (Lipinski definition) is 2. The van der Waals surface area contributed by atoms with Crippen LogP contribution in [0.5, 0.6) is 0 Å². The smallest absolute Gasteiger partial charge is 0.262 e. The zero-order valence-corrected chi connectivity index (χ0v) is 16.7. The third-order valence-corrected chi connectivity index (χ3v) is 6.06. The van der Waals surface area contributed by atoms with Gasteiger partial charge in [0.05, 0.1) is 10.9 Å². The predicted molar refractivity (Wildman–Crippen MR) is 117 cm³/mol. The number of amides is 1. The topological polar surface area (TPSA) is 66.9 Å². The molecule has 0 atom stereocenters. The van der Waals surface area contributed by atoms with Crippen LogP contribution < -0.4 is 10.9 Å². The van der Waals surface area contributed by atoms with Gasteiger partial charge >= 0.3 is 0 Å². The van der Waals surface area contributed by atoms with Gasteiger partial charge in [0.1, 0.15) is 0 Å². The zero-order chi connectivity index (χ0) is 19.5. The summed E-state index contributed by atoms with van der Waals surface area (Å²) in [6.07, 6.45) is 0.992. The number of fused-ring (bicyclic) bond motifs is 2. The Labute approximate surface area is 170 Å². The average molecular weight is 410 g/mol. The van der Waals surface area contributed by atoms with Crippen molar-refractivity contribution >= 4 is 50.5 Å². The first-order valence-corrected chi connectivity index (χ1v) is 10.4. The molecule has 0 fully saturated rings. The molecule has 5 nitrogen and oxygen atoms in total. The van der Waals surface area contributed by atoms with Crippen molar-refractivity contribution in [2.45, 2.75) is 19.4 Å². The zero-order valence-electron chi connectivity index (χ0n) is 15.1. The van der Waals surface area contributed by atoms with Crippen LogP contribution in [0.1, 0.15) is 12.0 Å². The highest BCUT2D eigenvalue weighted by Crippen LogP contribution is 2.25. The van der Waals surface area contributed by atoms with Gasteiger partial charge in [-0.25, -0.2) is 0 Å². The molecule has 2 aromatic carbocycles. The van der Waals surface area contributed by atoms with Crippen LogP contribution in [-0.4, -0.2) is 22.0 Å². The highest BCUT2D eigenvalue weighted by atomic mass is 32.1. The van der Waals surface area contributed by atoms with Crippen molar-refractivity contribution in [3.05, 3.63) is 74.6 Å². The van der Waals surface area contributed by atoms with E-state index in [1.807, 2.05) is 30.3 Å². The second-order valence-electron chi connectivity index (χ2n) is 6.54. The Kier molecular flexibility index (Phi) is 5.36. The molecule has 0 aliphatic heterocycles. The van der Waals surface area contributed by atoms with Crippen LogP contribution in [-0.2, 0) is 17.8 Å². The third kappa shape index (κ3) is 3.76. The van der Waals surface area contributed by atoms with Crippen LogP contribution in [0.25, 0.3) is 21.0 Å². The number of para-hydroxylation sites is 1. The van der Waals surface area contributed by atoms with Crippen LogP contribution in [0.3, 0.4) is 0 Å². The summed E-state index contributed by atoms with van der Waals surface area (Å²) in [5, 5.41) is 6.90. The van der Waals surface area contributed by atoms with Crippen LogP contribution in [0.4, 0.5) is 0 Å². The average Bonchev–Trinajstić information content (AvgIpc) is 3.11. The van der Waals surface area contributed by atoms with Gasteiger partial charge in [0.15, 0.2) is 4.77 Å². The first kappa shape index (κ1) is 18.6.